The topological polar surface area (TPSA) is 103 Å². The normalized spacial score (nSPS) is 12.0. The summed E-state index contributed by atoms with van der Waals surface area (Å²) in [7, 11) is 0. The second kappa shape index (κ2) is 7.35. The van der Waals surface area contributed by atoms with Crippen molar-refractivity contribution < 1.29 is 19.5 Å². The highest BCUT2D eigenvalue weighted by atomic mass is 35.5. The molecule has 0 aliphatic carbocycles. The maximum atomic E-state index is 12.7. The number of carboxylic acid groups (broad SMARTS) is 1. The first-order chi connectivity index (χ1) is 11.3. The molecule has 1 atom stereocenters. The van der Waals surface area contributed by atoms with Gasteiger partial charge in [0, 0.05) is 35.9 Å². The largest absolute Gasteiger partial charge is 0.480 e. The number of amides is 2. The molecule has 0 saturated heterocycles. The number of fused-ring (bicyclic) bond motifs is 1. The molecular formula is C16H18ClN3O4. The van der Waals surface area contributed by atoms with E-state index >= 15 is 0 Å². The van der Waals surface area contributed by atoms with Crippen molar-refractivity contribution in [2.45, 2.75) is 19.9 Å². The highest BCUT2D eigenvalue weighted by Gasteiger charge is 2.27. The highest BCUT2D eigenvalue weighted by Crippen LogP contribution is 2.21. The Morgan fingerprint density at radius 3 is 2.67 bits per heavy atom. The van der Waals surface area contributed by atoms with Crippen LogP contribution >= 0.6 is 11.6 Å². The predicted octanol–water partition coefficient (Wildman–Crippen LogP) is 1.87. The van der Waals surface area contributed by atoms with Crippen molar-refractivity contribution in [2.75, 3.05) is 13.1 Å². The monoisotopic (exact) mass is 351 g/mol. The predicted molar refractivity (Wildman–Crippen MR) is 90.1 cm³/mol. The Kier molecular flexibility index (Phi) is 5.46. The number of carbonyl (C=O) groups is 3. The fraction of sp³-hybridized carbons (Fsp3) is 0.312. The SMILES string of the molecule is CC(=O)NCCN(C(=O)c1cc2ccc(Cl)cc2[nH]1)C(C)C(=O)O. The molecule has 0 spiro atoms. The summed E-state index contributed by atoms with van der Waals surface area (Å²) in [6.45, 7) is 3.04. The molecular weight excluding hydrogens is 334 g/mol. The maximum Gasteiger partial charge on any atom is 0.326 e. The minimum atomic E-state index is -1.12. The van der Waals surface area contributed by atoms with Crippen LogP contribution in [0, 0.1) is 0 Å². The molecule has 0 radical (unpaired) electrons. The van der Waals surface area contributed by atoms with Crippen LogP contribution in [0.25, 0.3) is 10.9 Å². The molecule has 2 aromatic rings. The third kappa shape index (κ3) is 4.05. The average Bonchev–Trinajstić information content (AvgIpc) is 2.93. The minimum absolute atomic E-state index is 0.0853. The number of hydrogen-bond donors (Lipinski definition) is 3. The molecule has 2 rings (SSSR count). The molecule has 0 aliphatic heterocycles. The molecule has 1 unspecified atom stereocenters. The van der Waals surface area contributed by atoms with Gasteiger partial charge in [-0.25, -0.2) is 4.79 Å². The standard InChI is InChI=1S/C16H18ClN3O4/c1-9(16(23)24)20(6-5-18-10(2)21)15(22)14-7-11-3-4-12(17)8-13(11)19-14/h3-4,7-9,19H,5-6H2,1-2H3,(H,18,21)(H,23,24). The molecule has 1 heterocycles. The Labute approximate surface area is 143 Å². The maximum absolute atomic E-state index is 12.7. The number of aromatic amines is 1. The van der Waals surface area contributed by atoms with Gasteiger partial charge in [0.15, 0.2) is 0 Å². The van der Waals surface area contributed by atoms with Crippen molar-refractivity contribution in [1.82, 2.24) is 15.2 Å². The lowest BCUT2D eigenvalue weighted by Crippen LogP contribution is -2.46. The van der Waals surface area contributed by atoms with Gasteiger partial charge < -0.3 is 20.3 Å². The number of aliphatic carboxylic acids is 1. The Hall–Kier alpha value is -2.54. The molecule has 2 amide bonds. The summed E-state index contributed by atoms with van der Waals surface area (Å²) >= 11 is 5.93. The fourth-order valence-corrected chi connectivity index (χ4v) is 2.50. The quantitative estimate of drug-likeness (QED) is 0.739. The van der Waals surface area contributed by atoms with Crippen LogP contribution < -0.4 is 5.32 Å². The lowest BCUT2D eigenvalue weighted by molar-refractivity contribution is -0.141. The van der Waals surface area contributed by atoms with Crippen molar-refractivity contribution in [3.8, 4) is 0 Å². The van der Waals surface area contributed by atoms with E-state index in [4.69, 9.17) is 11.6 Å². The van der Waals surface area contributed by atoms with E-state index in [9.17, 15) is 19.5 Å². The van der Waals surface area contributed by atoms with Gasteiger partial charge in [0.1, 0.15) is 11.7 Å². The molecule has 0 bridgehead atoms. The molecule has 0 saturated carbocycles. The second-order valence-electron chi connectivity index (χ2n) is 5.41. The van der Waals surface area contributed by atoms with Crippen molar-refractivity contribution >= 4 is 40.3 Å². The number of nitrogens with one attached hydrogen (secondary N) is 2. The zero-order valence-corrected chi connectivity index (χ0v) is 14.1. The molecule has 24 heavy (non-hydrogen) atoms. The first-order valence-electron chi connectivity index (χ1n) is 7.36. The van der Waals surface area contributed by atoms with Crippen molar-refractivity contribution in [3.63, 3.8) is 0 Å². The van der Waals surface area contributed by atoms with Crippen LogP contribution in [0.1, 0.15) is 24.3 Å². The first-order valence-corrected chi connectivity index (χ1v) is 7.74. The van der Waals surface area contributed by atoms with Crippen molar-refractivity contribution in [1.29, 1.82) is 0 Å². The van der Waals surface area contributed by atoms with E-state index in [1.54, 1.807) is 24.3 Å². The lowest BCUT2D eigenvalue weighted by Gasteiger charge is -2.26. The number of nitrogens with zero attached hydrogens (tertiary/aromatic N) is 1. The van der Waals surface area contributed by atoms with Crippen molar-refractivity contribution in [3.05, 3.63) is 35.0 Å². The van der Waals surface area contributed by atoms with E-state index in [1.165, 1.54) is 18.7 Å². The van der Waals surface area contributed by atoms with Crippen molar-refractivity contribution in [2.24, 2.45) is 0 Å². The summed E-state index contributed by atoms with van der Waals surface area (Å²) in [5.41, 5.74) is 0.957. The zero-order valence-electron chi connectivity index (χ0n) is 13.3. The molecule has 7 nitrogen and oxygen atoms in total. The van der Waals surface area contributed by atoms with E-state index in [-0.39, 0.29) is 24.7 Å². The Bertz CT molecular complexity index is 787. The van der Waals surface area contributed by atoms with E-state index in [0.717, 1.165) is 5.39 Å². The molecule has 1 aromatic heterocycles. The number of hydrogen-bond acceptors (Lipinski definition) is 3. The number of aromatic nitrogens is 1. The molecule has 0 fully saturated rings. The smallest absolute Gasteiger partial charge is 0.326 e. The summed E-state index contributed by atoms with van der Waals surface area (Å²) < 4.78 is 0. The van der Waals surface area contributed by atoms with Gasteiger partial charge in [0.05, 0.1) is 0 Å². The van der Waals surface area contributed by atoms with Gasteiger partial charge in [-0.15, -0.1) is 0 Å². The van der Waals surface area contributed by atoms with Crippen LogP contribution in [-0.2, 0) is 9.59 Å². The zero-order chi connectivity index (χ0) is 17.9. The van der Waals surface area contributed by atoms with Gasteiger partial charge in [0.25, 0.3) is 5.91 Å². The van der Waals surface area contributed by atoms with E-state index in [2.05, 4.69) is 10.3 Å². The van der Waals surface area contributed by atoms with Crippen LogP contribution in [0.5, 0.6) is 0 Å². The van der Waals surface area contributed by atoms with Gasteiger partial charge in [-0.1, -0.05) is 17.7 Å². The number of carboxylic acids is 1. The van der Waals surface area contributed by atoms with Gasteiger partial charge in [0.2, 0.25) is 5.91 Å². The summed E-state index contributed by atoms with van der Waals surface area (Å²) in [6.07, 6.45) is 0. The first kappa shape index (κ1) is 17.8. The van der Waals surface area contributed by atoms with Crippen LogP contribution in [0.3, 0.4) is 0 Å². The van der Waals surface area contributed by atoms with Gasteiger partial charge in [-0.2, -0.15) is 0 Å². The molecule has 8 heteroatoms. The Morgan fingerprint density at radius 2 is 2.04 bits per heavy atom. The van der Waals surface area contributed by atoms with Gasteiger partial charge >= 0.3 is 5.97 Å². The van der Waals surface area contributed by atoms with E-state index in [0.29, 0.717) is 10.5 Å². The highest BCUT2D eigenvalue weighted by molar-refractivity contribution is 6.31. The summed E-state index contributed by atoms with van der Waals surface area (Å²) in [5.74, 6) is -1.82. The fourth-order valence-electron chi connectivity index (χ4n) is 2.33. The molecule has 3 N–H and O–H groups in total. The Balaban J connectivity index is 2.26. The second-order valence-corrected chi connectivity index (χ2v) is 5.85. The summed E-state index contributed by atoms with van der Waals surface area (Å²) in [6, 6.07) is 5.79. The minimum Gasteiger partial charge on any atom is -0.480 e. The molecule has 0 aliphatic rings. The third-order valence-corrected chi connectivity index (χ3v) is 3.86. The van der Waals surface area contributed by atoms with Crippen LogP contribution in [0.4, 0.5) is 0 Å². The van der Waals surface area contributed by atoms with E-state index < -0.39 is 17.9 Å². The number of rotatable bonds is 6. The van der Waals surface area contributed by atoms with Gasteiger partial charge in [-0.05, 0) is 25.1 Å². The summed E-state index contributed by atoms with van der Waals surface area (Å²) in [4.78, 5) is 39.1. The lowest BCUT2D eigenvalue weighted by atomic mass is 10.2. The number of halogens is 1. The third-order valence-electron chi connectivity index (χ3n) is 3.63. The molecule has 1 aromatic carbocycles. The van der Waals surface area contributed by atoms with Crippen LogP contribution in [-0.4, -0.2) is 51.9 Å². The number of benzene rings is 1. The number of carbonyl (C=O) groups excluding carboxylic acids is 2. The Morgan fingerprint density at radius 1 is 1.33 bits per heavy atom. The van der Waals surface area contributed by atoms with Crippen LogP contribution in [0.15, 0.2) is 24.3 Å². The number of H-pyrrole nitrogens is 1. The molecule has 128 valence electrons. The summed E-state index contributed by atoms with van der Waals surface area (Å²) in [5, 5.41) is 13.1. The van der Waals surface area contributed by atoms with E-state index in [1.807, 2.05) is 0 Å². The average molecular weight is 352 g/mol. The van der Waals surface area contributed by atoms with Gasteiger partial charge in [-0.3, -0.25) is 9.59 Å². The van der Waals surface area contributed by atoms with Crippen LogP contribution in [0.2, 0.25) is 5.02 Å².